The van der Waals surface area contributed by atoms with Crippen molar-refractivity contribution in [2.45, 2.75) is 18.7 Å². The van der Waals surface area contributed by atoms with Crippen molar-refractivity contribution in [2.75, 3.05) is 24.7 Å². The highest BCUT2D eigenvalue weighted by atomic mass is 32.2. The van der Waals surface area contributed by atoms with Crippen molar-refractivity contribution in [1.82, 2.24) is 4.31 Å². The highest BCUT2D eigenvalue weighted by molar-refractivity contribution is 7.89. The Balaban J connectivity index is 2.25. The zero-order chi connectivity index (χ0) is 19.5. The van der Waals surface area contributed by atoms with Crippen LogP contribution in [0, 0.1) is 6.92 Å². The maximum atomic E-state index is 12.4. The van der Waals surface area contributed by atoms with Gasteiger partial charge in [0.05, 0.1) is 4.90 Å². The zero-order valence-corrected chi connectivity index (χ0v) is 15.8. The summed E-state index contributed by atoms with van der Waals surface area (Å²) in [5, 5.41) is 5.35. The molecule has 138 valence electrons. The Morgan fingerprint density at radius 2 is 1.58 bits per heavy atom. The highest BCUT2D eigenvalue weighted by Crippen LogP contribution is 2.23. The molecule has 26 heavy (non-hydrogen) atoms. The van der Waals surface area contributed by atoms with E-state index >= 15 is 0 Å². The van der Waals surface area contributed by atoms with Gasteiger partial charge in [0.1, 0.15) is 0 Å². The van der Waals surface area contributed by atoms with Gasteiger partial charge in [-0.25, -0.2) is 12.7 Å². The minimum atomic E-state index is -3.59. The van der Waals surface area contributed by atoms with Crippen molar-refractivity contribution in [1.29, 1.82) is 0 Å². The number of nitrogens with one attached hydrogen (secondary N) is 2. The number of anilines is 2. The fraction of sp³-hybridized carbons (Fsp3) is 0.222. The summed E-state index contributed by atoms with van der Waals surface area (Å²) in [6.45, 7) is 3.18. The van der Waals surface area contributed by atoms with Crippen molar-refractivity contribution in [3.8, 4) is 0 Å². The van der Waals surface area contributed by atoms with Gasteiger partial charge in [0.25, 0.3) is 5.91 Å². The average Bonchev–Trinajstić information content (AvgIpc) is 2.56. The summed E-state index contributed by atoms with van der Waals surface area (Å²) in [5.74, 6) is -0.571. The van der Waals surface area contributed by atoms with Crippen LogP contribution in [0.2, 0.25) is 0 Å². The Bertz CT molecular complexity index is 935. The van der Waals surface area contributed by atoms with E-state index in [2.05, 4.69) is 10.6 Å². The second kappa shape index (κ2) is 7.67. The van der Waals surface area contributed by atoms with Crippen molar-refractivity contribution in [2.24, 2.45) is 0 Å². The number of nitrogens with zero attached hydrogens (tertiary/aromatic N) is 1. The molecule has 0 radical (unpaired) electrons. The summed E-state index contributed by atoms with van der Waals surface area (Å²) >= 11 is 0. The topological polar surface area (TPSA) is 95.6 Å². The Kier molecular flexibility index (Phi) is 5.79. The lowest BCUT2D eigenvalue weighted by atomic mass is 10.1. The van der Waals surface area contributed by atoms with Gasteiger partial charge >= 0.3 is 0 Å². The summed E-state index contributed by atoms with van der Waals surface area (Å²) in [7, 11) is -0.695. The van der Waals surface area contributed by atoms with Gasteiger partial charge in [-0.3, -0.25) is 9.59 Å². The fourth-order valence-corrected chi connectivity index (χ4v) is 3.14. The summed E-state index contributed by atoms with van der Waals surface area (Å²) in [6.07, 6.45) is 0. The summed E-state index contributed by atoms with van der Waals surface area (Å²) in [5.41, 5.74) is 2.14. The smallest absolute Gasteiger partial charge is 0.255 e. The van der Waals surface area contributed by atoms with Gasteiger partial charge in [-0.05, 0) is 48.9 Å². The predicted octanol–water partition coefficient (Wildman–Crippen LogP) is 2.46. The first-order chi connectivity index (χ1) is 12.1. The van der Waals surface area contributed by atoms with Gasteiger partial charge in [-0.1, -0.05) is 6.07 Å². The van der Waals surface area contributed by atoms with Gasteiger partial charge in [-0.15, -0.1) is 0 Å². The van der Waals surface area contributed by atoms with E-state index in [4.69, 9.17) is 0 Å². The number of benzene rings is 2. The lowest BCUT2D eigenvalue weighted by Gasteiger charge is -2.14. The van der Waals surface area contributed by atoms with Crippen molar-refractivity contribution in [3.05, 3.63) is 53.6 Å². The van der Waals surface area contributed by atoms with Gasteiger partial charge in [0.2, 0.25) is 15.9 Å². The molecule has 0 spiro atoms. The number of carbonyl (C=O) groups is 2. The van der Waals surface area contributed by atoms with Crippen LogP contribution in [0.25, 0.3) is 0 Å². The van der Waals surface area contributed by atoms with Crippen LogP contribution in [0.15, 0.2) is 47.4 Å². The van der Waals surface area contributed by atoms with Crippen LogP contribution in [-0.2, 0) is 14.8 Å². The molecule has 2 aromatic carbocycles. The number of aryl methyl sites for hydroxylation is 1. The Labute approximate surface area is 153 Å². The number of sulfonamides is 1. The number of hydrogen-bond acceptors (Lipinski definition) is 4. The number of hydrogen-bond donors (Lipinski definition) is 2. The molecule has 2 N–H and O–H groups in total. The molecule has 0 fully saturated rings. The minimum Gasteiger partial charge on any atom is -0.326 e. The molecule has 7 nitrogen and oxygen atoms in total. The lowest BCUT2D eigenvalue weighted by Crippen LogP contribution is -2.22. The van der Waals surface area contributed by atoms with Crippen LogP contribution < -0.4 is 10.6 Å². The molecule has 8 heteroatoms. The molecule has 0 bridgehead atoms. The molecule has 2 rings (SSSR count). The largest absolute Gasteiger partial charge is 0.326 e. The van der Waals surface area contributed by atoms with Crippen LogP contribution in [0.3, 0.4) is 0 Å². The summed E-state index contributed by atoms with van der Waals surface area (Å²) in [4.78, 5) is 23.6. The fourth-order valence-electron chi connectivity index (χ4n) is 2.21. The van der Waals surface area contributed by atoms with E-state index in [9.17, 15) is 18.0 Å². The lowest BCUT2D eigenvalue weighted by molar-refractivity contribution is -0.114. The molecule has 0 aliphatic rings. The van der Waals surface area contributed by atoms with E-state index in [0.717, 1.165) is 9.87 Å². The Morgan fingerprint density at radius 1 is 0.962 bits per heavy atom. The first-order valence-corrected chi connectivity index (χ1v) is 9.27. The normalized spacial score (nSPS) is 11.3. The molecule has 0 heterocycles. The third-order valence-electron chi connectivity index (χ3n) is 3.70. The highest BCUT2D eigenvalue weighted by Gasteiger charge is 2.19. The zero-order valence-electron chi connectivity index (χ0n) is 15.0. The van der Waals surface area contributed by atoms with E-state index in [-0.39, 0.29) is 16.7 Å². The van der Waals surface area contributed by atoms with Crippen LogP contribution >= 0.6 is 0 Å². The van der Waals surface area contributed by atoms with Gasteiger partial charge < -0.3 is 10.6 Å². The quantitative estimate of drug-likeness (QED) is 0.839. The molecule has 0 unspecified atom stereocenters. The minimum absolute atomic E-state index is 0.101. The van der Waals surface area contributed by atoms with E-state index in [1.54, 1.807) is 37.3 Å². The number of carbonyl (C=O) groups excluding carboxylic acids is 2. The molecule has 2 amide bonds. The van der Waals surface area contributed by atoms with Gasteiger partial charge in [0, 0.05) is 38.0 Å². The Hall–Kier alpha value is -2.71. The van der Waals surface area contributed by atoms with Crippen LogP contribution in [0.5, 0.6) is 0 Å². The molecule has 0 saturated carbocycles. The number of rotatable bonds is 5. The molecule has 0 aliphatic carbocycles. The Morgan fingerprint density at radius 3 is 2.12 bits per heavy atom. The van der Waals surface area contributed by atoms with Crippen molar-refractivity contribution >= 4 is 33.2 Å². The van der Waals surface area contributed by atoms with E-state index in [1.165, 1.54) is 33.2 Å². The van der Waals surface area contributed by atoms with Crippen LogP contribution in [-0.4, -0.2) is 38.6 Å². The van der Waals surface area contributed by atoms with Gasteiger partial charge in [0.15, 0.2) is 0 Å². The van der Waals surface area contributed by atoms with Crippen LogP contribution in [0.1, 0.15) is 22.8 Å². The van der Waals surface area contributed by atoms with Gasteiger partial charge in [-0.2, -0.15) is 0 Å². The molecule has 0 aliphatic heterocycles. The second-order valence-electron chi connectivity index (χ2n) is 5.98. The van der Waals surface area contributed by atoms with E-state index in [1.807, 2.05) is 0 Å². The summed E-state index contributed by atoms with van der Waals surface area (Å²) in [6, 6.07) is 11.0. The first-order valence-electron chi connectivity index (χ1n) is 7.83. The van der Waals surface area contributed by atoms with Crippen molar-refractivity contribution < 1.29 is 18.0 Å². The van der Waals surface area contributed by atoms with Crippen molar-refractivity contribution in [3.63, 3.8) is 0 Å². The molecule has 0 saturated heterocycles. The van der Waals surface area contributed by atoms with E-state index < -0.39 is 10.0 Å². The maximum absolute atomic E-state index is 12.4. The third kappa shape index (κ3) is 4.47. The molecule has 0 aromatic heterocycles. The molecular formula is C18H21N3O4S. The molecule has 2 aromatic rings. The maximum Gasteiger partial charge on any atom is 0.255 e. The monoisotopic (exact) mass is 375 g/mol. The number of amides is 2. The summed E-state index contributed by atoms with van der Waals surface area (Å²) < 4.78 is 25.6. The van der Waals surface area contributed by atoms with Crippen LogP contribution in [0.4, 0.5) is 11.4 Å². The first kappa shape index (κ1) is 19.6. The SMILES string of the molecule is CC(=O)Nc1ccc(C(=O)Nc2cc(S(=O)(=O)N(C)C)ccc2C)cc1. The molecular weight excluding hydrogens is 354 g/mol. The average molecular weight is 375 g/mol. The second-order valence-corrected chi connectivity index (χ2v) is 8.13. The third-order valence-corrected chi connectivity index (χ3v) is 5.51. The van der Waals surface area contributed by atoms with E-state index in [0.29, 0.717) is 16.9 Å². The molecule has 0 atom stereocenters. The standard InChI is InChI=1S/C18H21N3O4S/c1-12-5-10-16(26(24,25)21(3)4)11-17(12)20-18(23)14-6-8-15(9-7-14)19-13(2)22/h5-11H,1-4H3,(H,19,22)(H,20,23). The predicted molar refractivity (Wildman–Crippen MR) is 101 cm³/mol.